The number of hydrogen-bond acceptors (Lipinski definition) is 3. The van der Waals surface area contributed by atoms with Crippen molar-refractivity contribution < 1.29 is 4.79 Å². The molecular weight excluding hydrogens is 480 g/mol. The molecule has 0 bridgehead atoms. The van der Waals surface area contributed by atoms with Crippen LogP contribution >= 0.6 is 11.6 Å². The second kappa shape index (κ2) is 12.2. The molecule has 0 spiro atoms. The summed E-state index contributed by atoms with van der Waals surface area (Å²) in [4.78, 5) is 21.0. The minimum atomic E-state index is -0.239. The molecule has 4 aromatic rings. The van der Waals surface area contributed by atoms with Crippen LogP contribution in [0.25, 0.3) is 11.3 Å². The van der Waals surface area contributed by atoms with Crippen LogP contribution in [-0.4, -0.2) is 33.4 Å². The average Bonchev–Trinajstić information content (AvgIpc) is 3.30. The van der Waals surface area contributed by atoms with Gasteiger partial charge in [0, 0.05) is 35.4 Å². The van der Waals surface area contributed by atoms with E-state index in [4.69, 9.17) is 22.3 Å². The standard InChI is InChI=1S/C31H35ClN4O/c1-22(2)29(36(18-8-17-33)31(37)25-15-13-23(3)14-16-25)30-34-28(26-11-7-12-27(32)19-26)21-35(30)20-24-9-5-4-6-10-24/h4-7,9-16,19,21-22,29H,8,17-18,20,33H2,1-3H3/t29-/m1/s1. The highest BCUT2D eigenvalue weighted by atomic mass is 35.5. The van der Waals surface area contributed by atoms with Crippen LogP contribution < -0.4 is 5.73 Å². The van der Waals surface area contributed by atoms with E-state index in [-0.39, 0.29) is 17.9 Å². The predicted octanol–water partition coefficient (Wildman–Crippen LogP) is 6.75. The molecule has 0 aliphatic heterocycles. The number of amides is 1. The number of benzene rings is 3. The third kappa shape index (κ3) is 6.48. The minimum absolute atomic E-state index is 0.00860. The van der Waals surface area contributed by atoms with E-state index in [1.807, 2.05) is 78.6 Å². The summed E-state index contributed by atoms with van der Waals surface area (Å²) in [5.74, 6) is 0.966. The Morgan fingerprint density at radius 3 is 2.41 bits per heavy atom. The monoisotopic (exact) mass is 514 g/mol. The van der Waals surface area contributed by atoms with Crippen molar-refractivity contribution in [2.24, 2.45) is 11.7 Å². The van der Waals surface area contributed by atoms with Gasteiger partial charge >= 0.3 is 0 Å². The summed E-state index contributed by atoms with van der Waals surface area (Å²) >= 11 is 6.31. The van der Waals surface area contributed by atoms with Gasteiger partial charge in [-0.25, -0.2) is 4.98 Å². The normalized spacial score (nSPS) is 12.1. The first-order chi connectivity index (χ1) is 17.9. The fourth-order valence-corrected chi connectivity index (χ4v) is 4.84. The molecule has 6 heteroatoms. The second-order valence-electron chi connectivity index (χ2n) is 9.80. The highest BCUT2D eigenvalue weighted by Crippen LogP contribution is 2.33. The van der Waals surface area contributed by atoms with E-state index >= 15 is 0 Å². The Labute approximate surface area is 224 Å². The molecule has 2 N–H and O–H groups in total. The Kier molecular flexibility index (Phi) is 8.80. The van der Waals surface area contributed by atoms with Crippen LogP contribution in [0.2, 0.25) is 5.02 Å². The van der Waals surface area contributed by atoms with Crippen LogP contribution in [0.3, 0.4) is 0 Å². The van der Waals surface area contributed by atoms with Crippen molar-refractivity contribution in [2.45, 2.75) is 39.8 Å². The van der Waals surface area contributed by atoms with E-state index in [1.54, 1.807) is 0 Å². The van der Waals surface area contributed by atoms with E-state index in [0.717, 1.165) is 22.6 Å². The third-order valence-corrected chi connectivity index (χ3v) is 6.75. The van der Waals surface area contributed by atoms with Crippen LogP contribution in [0.5, 0.6) is 0 Å². The van der Waals surface area contributed by atoms with Gasteiger partial charge in [-0.05, 0) is 55.6 Å². The van der Waals surface area contributed by atoms with Gasteiger partial charge in [0.05, 0.1) is 11.7 Å². The summed E-state index contributed by atoms with van der Waals surface area (Å²) in [5.41, 5.74) is 10.6. The fraction of sp³-hybridized carbons (Fsp3) is 0.290. The number of nitrogens with two attached hydrogens (primary N) is 1. The largest absolute Gasteiger partial charge is 0.330 e. The minimum Gasteiger partial charge on any atom is -0.330 e. The molecule has 0 saturated heterocycles. The van der Waals surface area contributed by atoms with E-state index in [1.165, 1.54) is 5.56 Å². The van der Waals surface area contributed by atoms with Crippen molar-refractivity contribution in [2.75, 3.05) is 13.1 Å². The van der Waals surface area contributed by atoms with E-state index < -0.39 is 0 Å². The van der Waals surface area contributed by atoms with Crippen LogP contribution in [0.15, 0.2) is 85.1 Å². The predicted molar refractivity (Wildman–Crippen MR) is 152 cm³/mol. The molecule has 37 heavy (non-hydrogen) atoms. The second-order valence-corrected chi connectivity index (χ2v) is 10.2. The zero-order valence-corrected chi connectivity index (χ0v) is 22.5. The molecule has 3 aromatic carbocycles. The van der Waals surface area contributed by atoms with Gasteiger partial charge in [0.2, 0.25) is 0 Å². The van der Waals surface area contributed by atoms with Crippen molar-refractivity contribution >= 4 is 17.5 Å². The fourth-order valence-electron chi connectivity index (χ4n) is 4.65. The molecule has 4 rings (SSSR count). The van der Waals surface area contributed by atoms with E-state index in [2.05, 4.69) is 36.7 Å². The molecule has 1 aromatic heterocycles. The van der Waals surface area contributed by atoms with Crippen molar-refractivity contribution in [1.29, 1.82) is 0 Å². The summed E-state index contributed by atoms with van der Waals surface area (Å²) in [6, 6.07) is 25.6. The van der Waals surface area contributed by atoms with Crippen molar-refractivity contribution in [3.8, 4) is 11.3 Å². The first-order valence-electron chi connectivity index (χ1n) is 12.8. The summed E-state index contributed by atoms with van der Waals surface area (Å²) < 4.78 is 2.17. The number of imidazole rings is 1. The number of carbonyl (C=O) groups excluding carboxylic acids is 1. The van der Waals surface area contributed by atoms with Gasteiger partial charge in [0.15, 0.2) is 0 Å². The molecule has 0 unspecified atom stereocenters. The van der Waals surface area contributed by atoms with Gasteiger partial charge in [-0.1, -0.05) is 85.6 Å². The topological polar surface area (TPSA) is 64.2 Å². The zero-order chi connectivity index (χ0) is 26.4. The van der Waals surface area contributed by atoms with Crippen LogP contribution in [0, 0.1) is 12.8 Å². The Morgan fingerprint density at radius 2 is 1.76 bits per heavy atom. The molecule has 1 atom stereocenters. The first-order valence-corrected chi connectivity index (χ1v) is 13.2. The molecule has 192 valence electrons. The molecule has 0 aliphatic rings. The molecule has 0 saturated carbocycles. The smallest absolute Gasteiger partial charge is 0.254 e. The van der Waals surface area contributed by atoms with Crippen molar-refractivity contribution in [3.63, 3.8) is 0 Å². The highest BCUT2D eigenvalue weighted by Gasteiger charge is 2.32. The third-order valence-electron chi connectivity index (χ3n) is 6.52. The number of aromatic nitrogens is 2. The van der Waals surface area contributed by atoms with Gasteiger partial charge in [-0.2, -0.15) is 0 Å². The first kappa shape index (κ1) is 26.6. The summed E-state index contributed by atoms with van der Waals surface area (Å²) in [6.45, 7) is 8.02. The van der Waals surface area contributed by atoms with Crippen molar-refractivity contribution in [1.82, 2.24) is 14.5 Å². The molecule has 5 nitrogen and oxygen atoms in total. The van der Waals surface area contributed by atoms with Gasteiger partial charge in [-0.15, -0.1) is 0 Å². The Morgan fingerprint density at radius 1 is 1.03 bits per heavy atom. The molecule has 0 aliphatic carbocycles. The van der Waals surface area contributed by atoms with Crippen LogP contribution in [0.4, 0.5) is 0 Å². The molecular formula is C31H35ClN4O. The lowest BCUT2D eigenvalue weighted by atomic mass is 9.99. The molecule has 1 amide bonds. The lowest BCUT2D eigenvalue weighted by Gasteiger charge is -2.34. The number of rotatable bonds is 10. The summed E-state index contributed by atoms with van der Waals surface area (Å²) in [7, 11) is 0. The number of hydrogen-bond donors (Lipinski definition) is 1. The Bertz CT molecular complexity index is 1310. The van der Waals surface area contributed by atoms with Crippen molar-refractivity contribution in [3.05, 3.63) is 113 Å². The van der Waals surface area contributed by atoms with Crippen LogP contribution in [0.1, 0.15) is 53.6 Å². The van der Waals surface area contributed by atoms with Gasteiger partial charge in [0.1, 0.15) is 5.82 Å². The number of nitrogens with zero attached hydrogens (tertiary/aromatic N) is 3. The number of aryl methyl sites for hydroxylation is 1. The maximum atomic E-state index is 13.9. The molecule has 1 heterocycles. The van der Waals surface area contributed by atoms with Gasteiger partial charge < -0.3 is 15.2 Å². The number of halogens is 1. The summed E-state index contributed by atoms with van der Waals surface area (Å²) in [6.07, 6.45) is 2.78. The Hall–Kier alpha value is -3.41. The summed E-state index contributed by atoms with van der Waals surface area (Å²) in [5, 5.41) is 0.663. The number of carbonyl (C=O) groups is 1. The SMILES string of the molecule is Cc1ccc(C(=O)N(CCCN)[C@@H](c2nc(-c3cccc(Cl)c3)cn2Cc2ccccc2)C(C)C)cc1. The zero-order valence-electron chi connectivity index (χ0n) is 21.8. The van der Waals surface area contributed by atoms with Crippen LogP contribution in [-0.2, 0) is 6.54 Å². The lowest BCUT2D eigenvalue weighted by Crippen LogP contribution is -2.40. The Balaban J connectivity index is 1.82. The van der Waals surface area contributed by atoms with E-state index in [9.17, 15) is 4.79 Å². The molecule has 0 fully saturated rings. The molecule has 0 radical (unpaired) electrons. The maximum absolute atomic E-state index is 13.9. The average molecular weight is 515 g/mol. The quantitative estimate of drug-likeness (QED) is 0.254. The van der Waals surface area contributed by atoms with E-state index in [0.29, 0.717) is 36.6 Å². The lowest BCUT2D eigenvalue weighted by molar-refractivity contribution is 0.0604. The van der Waals surface area contributed by atoms with Gasteiger partial charge in [-0.3, -0.25) is 4.79 Å². The van der Waals surface area contributed by atoms with Gasteiger partial charge in [0.25, 0.3) is 5.91 Å². The highest BCUT2D eigenvalue weighted by molar-refractivity contribution is 6.30. The maximum Gasteiger partial charge on any atom is 0.254 e.